The van der Waals surface area contributed by atoms with E-state index in [1.807, 2.05) is 55.5 Å². The number of methoxy groups -OCH3 is 1. The number of benzene rings is 2. The molecule has 0 aliphatic rings. The Balaban J connectivity index is 1.60. The maximum atomic E-state index is 5.44. The number of rotatable bonds is 6. The van der Waals surface area contributed by atoms with E-state index in [1.54, 1.807) is 16.5 Å². The summed E-state index contributed by atoms with van der Waals surface area (Å²) in [6, 6.07) is 15.6. The fraction of sp³-hybridized carbons (Fsp3) is 0.176. The highest BCUT2D eigenvalue weighted by Gasteiger charge is 2.16. The lowest BCUT2D eigenvalue weighted by Gasteiger charge is -2.10. The van der Waals surface area contributed by atoms with E-state index in [0.29, 0.717) is 22.5 Å². The summed E-state index contributed by atoms with van der Waals surface area (Å²) in [6.45, 7) is 2.01. The molecule has 136 valence electrons. The minimum absolute atomic E-state index is 0.510. The van der Waals surface area contributed by atoms with Crippen molar-refractivity contribution in [3.63, 3.8) is 0 Å². The summed E-state index contributed by atoms with van der Waals surface area (Å²) in [5.41, 5.74) is 2.77. The molecule has 0 spiro atoms. The molecule has 4 rings (SSSR count). The van der Waals surface area contributed by atoms with Gasteiger partial charge in [-0.25, -0.2) is 0 Å². The fourth-order valence-electron chi connectivity index (χ4n) is 2.58. The van der Waals surface area contributed by atoms with Gasteiger partial charge in [-0.3, -0.25) is 0 Å². The number of aryl methyl sites for hydroxylation is 1. The van der Waals surface area contributed by atoms with Crippen molar-refractivity contribution in [2.75, 3.05) is 7.11 Å². The van der Waals surface area contributed by atoms with Crippen LogP contribution in [0.3, 0.4) is 0 Å². The first-order valence-corrected chi connectivity index (χ1v) is 9.13. The Morgan fingerprint density at radius 1 is 0.963 bits per heavy atom. The highest BCUT2D eigenvalue weighted by atomic mass is 32.2. The molecule has 0 bridgehead atoms. The molecule has 0 aliphatic carbocycles. The maximum absolute atomic E-state index is 5.44. The molecular weight excluding hydrogens is 364 g/mol. The van der Waals surface area contributed by atoms with Crippen LogP contribution in [0.2, 0.25) is 0 Å². The van der Waals surface area contributed by atoms with E-state index in [1.165, 1.54) is 11.8 Å². The van der Waals surface area contributed by atoms with Gasteiger partial charge in [0.25, 0.3) is 0 Å². The largest absolute Gasteiger partial charge is 0.494 e. The molecule has 0 fully saturated rings. The van der Waals surface area contributed by atoms with Crippen LogP contribution < -0.4 is 4.74 Å². The quantitative estimate of drug-likeness (QED) is 0.470. The summed E-state index contributed by atoms with van der Waals surface area (Å²) in [5, 5.41) is 24.7. The zero-order chi connectivity index (χ0) is 18.6. The van der Waals surface area contributed by atoms with Crippen LogP contribution in [0.15, 0.2) is 53.7 Å². The third-order valence-electron chi connectivity index (χ3n) is 3.87. The minimum Gasteiger partial charge on any atom is -0.494 e. The molecule has 0 atom stereocenters. The van der Waals surface area contributed by atoms with E-state index in [4.69, 9.17) is 4.74 Å². The number of tetrazole rings is 2. The molecule has 9 nitrogen and oxygen atoms in total. The molecule has 0 saturated carbocycles. The van der Waals surface area contributed by atoms with Crippen molar-refractivity contribution >= 4 is 11.8 Å². The lowest BCUT2D eigenvalue weighted by atomic mass is 10.2. The highest BCUT2D eigenvalue weighted by molar-refractivity contribution is 7.98. The van der Waals surface area contributed by atoms with E-state index < -0.39 is 0 Å². The van der Waals surface area contributed by atoms with E-state index >= 15 is 0 Å². The first kappa shape index (κ1) is 17.2. The van der Waals surface area contributed by atoms with Gasteiger partial charge in [0.05, 0.1) is 18.6 Å². The van der Waals surface area contributed by atoms with Gasteiger partial charge in [-0.1, -0.05) is 36.0 Å². The van der Waals surface area contributed by atoms with Crippen LogP contribution in [-0.2, 0) is 5.75 Å². The van der Waals surface area contributed by atoms with Gasteiger partial charge in [0.15, 0.2) is 5.82 Å². The highest BCUT2D eigenvalue weighted by Crippen LogP contribution is 2.28. The number of nitrogens with zero attached hydrogens (tertiary/aromatic N) is 8. The minimum atomic E-state index is 0.510. The lowest BCUT2D eigenvalue weighted by molar-refractivity contribution is 0.410. The van der Waals surface area contributed by atoms with Gasteiger partial charge in [-0.2, -0.15) is 9.36 Å². The number of aromatic nitrogens is 8. The Hall–Kier alpha value is -3.27. The van der Waals surface area contributed by atoms with Crippen molar-refractivity contribution < 1.29 is 4.74 Å². The number of hydrogen-bond donors (Lipinski definition) is 0. The molecule has 0 amide bonds. The van der Waals surface area contributed by atoms with E-state index in [2.05, 4.69) is 31.1 Å². The van der Waals surface area contributed by atoms with Gasteiger partial charge in [-0.05, 0) is 57.6 Å². The number of thioether (sulfide) groups is 1. The SMILES string of the molecule is COc1ccc(C)cc1-n1nnnc1SCc1nnnn1-c1ccccc1. The Bertz CT molecular complexity index is 1050. The molecule has 2 aromatic heterocycles. The van der Waals surface area contributed by atoms with Crippen molar-refractivity contribution in [1.82, 2.24) is 40.4 Å². The van der Waals surface area contributed by atoms with Crippen LogP contribution in [0.25, 0.3) is 11.4 Å². The number of ether oxygens (including phenoxy) is 1. The smallest absolute Gasteiger partial charge is 0.214 e. The summed E-state index contributed by atoms with van der Waals surface area (Å²) in [7, 11) is 1.62. The second kappa shape index (κ2) is 7.54. The third kappa shape index (κ3) is 3.51. The van der Waals surface area contributed by atoms with Gasteiger partial charge in [0.1, 0.15) is 11.4 Å². The first-order valence-electron chi connectivity index (χ1n) is 8.15. The molecule has 27 heavy (non-hydrogen) atoms. The summed E-state index contributed by atoms with van der Waals surface area (Å²) in [5.74, 6) is 1.91. The molecule has 10 heteroatoms. The zero-order valence-electron chi connectivity index (χ0n) is 14.7. The van der Waals surface area contributed by atoms with Crippen LogP contribution in [0.4, 0.5) is 0 Å². The summed E-state index contributed by atoms with van der Waals surface area (Å²) in [6.07, 6.45) is 0. The second-order valence-electron chi connectivity index (χ2n) is 5.68. The molecule has 2 aromatic carbocycles. The van der Waals surface area contributed by atoms with Gasteiger partial charge >= 0.3 is 0 Å². The summed E-state index contributed by atoms with van der Waals surface area (Å²) >= 11 is 1.45. The first-order chi connectivity index (χ1) is 13.3. The third-order valence-corrected chi connectivity index (χ3v) is 4.78. The Morgan fingerprint density at radius 2 is 1.74 bits per heavy atom. The Morgan fingerprint density at radius 3 is 2.56 bits per heavy atom. The molecule has 0 N–H and O–H groups in total. The predicted molar refractivity (Wildman–Crippen MR) is 99.2 cm³/mol. The van der Waals surface area contributed by atoms with Crippen LogP contribution in [0.1, 0.15) is 11.4 Å². The second-order valence-corrected chi connectivity index (χ2v) is 6.62. The van der Waals surface area contributed by atoms with Crippen LogP contribution >= 0.6 is 11.8 Å². The van der Waals surface area contributed by atoms with Crippen molar-refractivity contribution in [2.45, 2.75) is 17.8 Å². The normalized spacial score (nSPS) is 10.9. The molecular formula is C17H16N8OS. The van der Waals surface area contributed by atoms with Crippen molar-refractivity contribution in [1.29, 1.82) is 0 Å². The van der Waals surface area contributed by atoms with E-state index in [-0.39, 0.29) is 0 Å². The van der Waals surface area contributed by atoms with Crippen molar-refractivity contribution in [3.05, 3.63) is 59.9 Å². The Labute approximate surface area is 159 Å². The average Bonchev–Trinajstić information content (AvgIpc) is 3.36. The van der Waals surface area contributed by atoms with Crippen LogP contribution in [0.5, 0.6) is 5.75 Å². The fourth-order valence-corrected chi connectivity index (χ4v) is 3.37. The standard InChI is InChI=1S/C17H16N8OS/c1-12-8-9-15(26-2)14(10-12)25-17(19-21-23-25)27-11-16-18-20-22-24(16)13-6-4-3-5-7-13/h3-10H,11H2,1-2H3. The molecule has 0 unspecified atom stereocenters. The number of hydrogen-bond acceptors (Lipinski definition) is 8. The van der Waals surface area contributed by atoms with E-state index in [9.17, 15) is 0 Å². The summed E-state index contributed by atoms with van der Waals surface area (Å²) < 4.78 is 8.81. The maximum Gasteiger partial charge on any atom is 0.214 e. The van der Waals surface area contributed by atoms with Gasteiger partial charge in [-0.15, -0.1) is 10.2 Å². The zero-order valence-corrected chi connectivity index (χ0v) is 15.5. The monoisotopic (exact) mass is 380 g/mol. The van der Waals surface area contributed by atoms with Gasteiger partial charge in [0.2, 0.25) is 5.16 Å². The van der Waals surface area contributed by atoms with Gasteiger partial charge < -0.3 is 4.74 Å². The average molecular weight is 380 g/mol. The number of para-hydroxylation sites is 1. The van der Waals surface area contributed by atoms with Crippen LogP contribution in [-0.4, -0.2) is 47.5 Å². The van der Waals surface area contributed by atoms with Crippen LogP contribution in [0, 0.1) is 6.92 Å². The van der Waals surface area contributed by atoms with Crippen molar-refractivity contribution in [3.8, 4) is 17.1 Å². The summed E-state index contributed by atoms with van der Waals surface area (Å²) in [4.78, 5) is 0. The predicted octanol–water partition coefficient (Wildman–Crippen LogP) is 2.25. The lowest BCUT2D eigenvalue weighted by Crippen LogP contribution is -2.04. The Kier molecular flexibility index (Phi) is 4.79. The molecule has 2 heterocycles. The van der Waals surface area contributed by atoms with Gasteiger partial charge in [0, 0.05) is 0 Å². The van der Waals surface area contributed by atoms with Crippen molar-refractivity contribution in [2.24, 2.45) is 0 Å². The molecule has 4 aromatic rings. The van der Waals surface area contributed by atoms with E-state index in [0.717, 1.165) is 16.9 Å². The molecule has 0 saturated heterocycles. The topological polar surface area (TPSA) is 96.4 Å². The molecule has 0 radical (unpaired) electrons. The molecule has 0 aliphatic heterocycles.